The van der Waals surface area contributed by atoms with Gasteiger partial charge in [-0.15, -0.1) is 0 Å². The number of hydrogen-bond donors (Lipinski definition) is 0. The summed E-state index contributed by atoms with van der Waals surface area (Å²) in [7, 11) is -3.47. The first-order valence-electron chi connectivity index (χ1n) is 6.75. The largest absolute Gasteiger partial charge is 0.218 e. The molecule has 4 heteroatoms. The normalized spacial score (nSPS) is 12.6. The molecular formula is C17H18O2S2. The highest BCUT2D eigenvalue weighted by molar-refractivity contribution is 8.18. The van der Waals surface area contributed by atoms with Crippen molar-refractivity contribution in [3.63, 3.8) is 0 Å². The van der Waals surface area contributed by atoms with Crippen molar-refractivity contribution in [3.05, 3.63) is 71.0 Å². The van der Waals surface area contributed by atoms with Gasteiger partial charge < -0.3 is 0 Å². The maximum absolute atomic E-state index is 12.8. The lowest BCUT2D eigenvalue weighted by atomic mass is 10.2. The van der Waals surface area contributed by atoms with E-state index in [1.165, 1.54) is 11.8 Å². The van der Waals surface area contributed by atoms with E-state index < -0.39 is 9.84 Å². The molecule has 0 saturated carbocycles. The van der Waals surface area contributed by atoms with Crippen LogP contribution in [0.1, 0.15) is 13.8 Å². The third kappa shape index (κ3) is 4.22. The summed E-state index contributed by atoms with van der Waals surface area (Å²) in [5.41, 5.74) is 0. The van der Waals surface area contributed by atoms with E-state index in [4.69, 9.17) is 0 Å². The van der Waals surface area contributed by atoms with Crippen molar-refractivity contribution in [1.29, 1.82) is 0 Å². The predicted molar refractivity (Wildman–Crippen MR) is 88.8 cm³/mol. The molecule has 0 unspecified atom stereocenters. The van der Waals surface area contributed by atoms with Gasteiger partial charge in [0.25, 0.3) is 0 Å². The highest BCUT2D eigenvalue weighted by Gasteiger charge is 2.21. The van der Waals surface area contributed by atoms with Crippen molar-refractivity contribution in [2.24, 2.45) is 5.92 Å². The summed E-state index contributed by atoms with van der Waals surface area (Å²) in [6, 6.07) is 18.1. The number of thioether (sulfide) groups is 1. The Kier molecular flexibility index (Phi) is 5.26. The highest BCUT2D eigenvalue weighted by Crippen LogP contribution is 2.35. The molecule has 0 aliphatic rings. The van der Waals surface area contributed by atoms with Crippen LogP contribution in [0.25, 0.3) is 0 Å². The van der Waals surface area contributed by atoms with Crippen molar-refractivity contribution in [2.75, 3.05) is 0 Å². The molecule has 0 aromatic heterocycles. The van der Waals surface area contributed by atoms with Gasteiger partial charge in [0.05, 0.1) is 4.90 Å². The first-order valence-corrected chi connectivity index (χ1v) is 9.05. The van der Waals surface area contributed by atoms with Crippen molar-refractivity contribution >= 4 is 21.6 Å². The van der Waals surface area contributed by atoms with E-state index in [2.05, 4.69) is 0 Å². The molecule has 0 radical (unpaired) electrons. The lowest BCUT2D eigenvalue weighted by Gasteiger charge is -2.10. The van der Waals surface area contributed by atoms with Crippen LogP contribution in [0.5, 0.6) is 0 Å². The van der Waals surface area contributed by atoms with E-state index in [1.54, 1.807) is 30.3 Å². The molecule has 0 saturated heterocycles. The fraction of sp³-hybridized carbons (Fsp3) is 0.176. The molecule has 2 aromatic carbocycles. The van der Waals surface area contributed by atoms with Crippen LogP contribution >= 0.6 is 11.8 Å². The zero-order valence-corrected chi connectivity index (χ0v) is 13.7. The minimum atomic E-state index is -3.47. The fourth-order valence-corrected chi connectivity index (χ4v) is 4.85. The van der Waals surface area contributed by atoms with E-state index in [1.807, 2.05) is 50.2 Å². The SMILES string of the molecule is CC(C)/C=C(\Sc1ccccc1)S(=O)(=O)c1ccccc1. The molecule has 0 N–H and O–H groups in total. The summed E-state index contributed by atoms with van der Waals surface area (Å²) in [6.07, 6.45) is 1.81. The first-order chi connectivity index (χ1) is 10.00. The monoisotopic (exact) mass is 318 g/mol. The molecule has 2 rings (SSSR count). The van der Waals surface area contributed by atoms with Crippen LogP contribution in [0.2, 0.25) is 0 Å². The molecule has 0 atom stereocenters. The van der Waals surface area contributed by atoms with Crippen LogP contribution in [-0.2, 0) is 9.84 Å². The second-order valence-corrected chi connectivity index (χ2v) is 8.25. The van der Waals surface area contributed by atoms with Crippen molar-refractivity contribution in [3.8, 4) is 0 Å². The van der Waals surface area contributed by atoms with Crippen LogP contribution in [0, 0.1) is 5.92 Å². The molecule has 110 valence electrons. The zero-order valence-electron chi connectivity index (χ0n) is 12.1. The standard InChI is InChI=1S/C17H18O2S2/c1-14(2)13-17(20-15-9-5-3-6-10-15)21(18,19)16-11-7-4-8-12-16/h3-14H,1-2H3/b17-13+. The summed E-state index contributed by atoms with van der Waals surface area (Å²) in [5.74, 6) is 0.162. The molecule has 0 heterocycles. The molecular weight excluding hydrogens is 300 g/mol. The Balaban J connectivity index is 2.42. The summed E-state index contributed by atoms with van der Waals surface area (Å²) in [4.78, 5) is 1.25. The van der Waals surface area contributed by atoms with Gasteiger partial charge in [0.1, 0.15) is 4.24 Å². The Bertz CT molecular complexity index is 703. The van der Waals surface area contributed by atoms with Crippen LogP contribution in [-0.4, -0.2) is 8.42 Å². The Hall–Kier alpha value is -1.52. The second kappa shape index (κ2) is 6.96. The molecule has 21 heavy (non-hydrogen) atoms. The van der Waals surface area contributed by atoms with Gasteiger partial charge in [-0.3, -0.25) is 0 Å². The average Bonchev–Trinajstić information content (AvgIpc) is 2.48. The van der Waals surface area contributed by atoms with Gasteiger partial charge in [-0.05, 0) is 30.2 Å². The topological polar surface area (TPSA) is 34.1 Å². The van der Waals surface area contributed by atoms with E-state index in [0.717, 1.165) is 4.90 Å². The van der Waals surface area contributed by atoms with Gasteiger partial charge in [0.2, 0.25) is 9.84 Å². The van der Waals surface area contributed by atoms with Gasteiger partial charge in [-0.1, -0.05) is 68.1 Å². The Morgan fingerprint density at radius 2 is 1.48 bits per heavy atom. The average molecular weight is 318 g/mol. The molecule has 0 aliphatic carbocycles. The first kappa shape index (κ1) is 15.9. The van der Waals surface area contributed by atoms with Gasteiger partial charge in [-0.25, -0.2) is 8.42 Å². The van der Waals surface area contributed by atoms with E-state index >= 15 is 0 Å². The summed E-state index contributed by atoms with van der Waals surface area (Å²) >= 11 is 1.29. The van der Waals surface area contributed by atoms with Crippen molar-refractivity contribution in [2.45, 2.75) is 23.6 Å². The molecule has 0 aliphatic heterocycles. The number of sulfone groups is 1. The van der Waals surface area contributed by atoms with Gasteiger partial charge >= 0.3 is 0 Å². The Morgan fingerprint density at radius 1 is 0.952 bits per heavy atom. The number of hydrogen-bond acceptors (Lipinski definition) is 3. The van der Waals surface area contributed by atoms with Crippen LogP contribution in [0.15, 0.2) is 80.8 Å². The smallest absolute Gasteiger partial charge is 0.212 e. The summed E-state index contributed by atoms with van der Waals surface area (Å²) in [5, 5.41) is 0. The maximum Gasteiger partial charge on any atom is 0.212 e. The third-order valence-electron chi connectivity index (χ3n) is 2.75. The molecule has 0 amide bonds. The second-order valence-electron chi connectivity index (χ2n) is 4.96. The number of benzene rings is 2. The van der Waals surface area contributed by atoms with Crippen molar-refractivity contribution in [1.82, 2.24) is 0 Å². The molecule has 0 fully saturated rings. The number of rotatable bonds is 5. The Labute approximate surface area is 130 Å². The molecule has 0 spiro atoms. The van der Waals surface area contributed by atoms with Gasteiger partial charge in [-0.2, -0.15) is 0 Å². The van der Waals surface area contributed by atoms with Crippen LogP contribution in [0.3, 0.4) is 0 Å². The van der Waals surface area contributed by atoms with E-state index in [9.17, 15) is 8.42 Å². The zero-order chi connectivity index (χ0) is 15.3. The van der Waals surface area contributed by atoms with Crippen LogP contribution < -0.4 is 0 Å². The third-order valence-corrected chi connectivity index (χ3v) is 6.06. The number of allylic oxidation sites excluding steroid dienone is 1. The predicted octanol–water partition coefficient (Wildman–Crippen LogP) is 4.75. The quantitative estimate of drug-likeness (QED) is 0.746. The van der Waals surface area contributed by atoms with Gasteiger partial charge in [0.15, 0.2) is 0 Å². The lowest BCUT2D eigenvalue weighted by Crippen LogP contribution is -2.03. The highest BCUT2D eigenvalue weighted by atomic mass is 32.3. The minimum Gasteiger partial charge on any atom is -0.218 e. The Morgan fingerprint density at radius 3 is 2.00 bits per heavy atom. The molecule has 0 bridgehead atoms. The fourth-order valence-electron chi connectivity index (χ4n) is 1.77. The summed E-state index contributed by atoms with van der Waals surface area (Å²) < 4.78 is 26.0. The van der Waals surface area contributed by atoms with E-state index in [-0.39, 0.29) is 5.92 Å². The molecule has 2 aromatic rings. The van der Waals surface area contributed by atoms with Crippen molar-refractivity contribution < 1.29 is 8.42 Å². The van der Waals surface area contributed by atoms with Crippen LogP contribution in [0.4, 0.5) is 0 Å². The minimum absolute atomic E-state index is 0.162. The lowest BCUT2D eigenvalue weighted by molar-refractivity contribution is 0.603. The summed E-state index contributed by atoms with van der Waals surface area (Å²) in [6.45, 7) is 3.96. The van der Waals surface area contributed by atoms with Gasteiger partial charge in [0, 0.05) is 4.90 Å². The molecule has 2 nitrogen and oxygen atoms in total. The van der Waals surface area contributed by atoms with E-state index in [0.29, 0.717) is 9.13 Å². The maximum atomic E-state index is 12.8.